The molecule has 0 aromatic carbocycles. The average molecular weight is 217 g/mol. The zero-order valence-corrected chi connectivity index (χ0v) is 10.3. The van der Waals surface area contributed by atoms with Gasteiger partial charge in [-0.25, -0.2) is 4.98 Å². The predicted molar refractivity (Wildman–Crippen MR) is 64.7 cm³/mol. The van der Waals surface area contributed by atoms with Gasteiger partial charge in [-0.2, -0.15) is 5.26 Å². The van der Waals surface area contributed by atoms with Crippen molar-refractivity contribution in [2.75, 3.05) is 13.6 Å². The molecule has 0 N–H and O–H groups in total. The van der Waals surface area contributed by atoms with E-state index in [1.165, 1.54) is 6.42 Å². The van der Waals surface area contributed by atoms with Crippen LogP contribution in [0, 0.1) is 17.2 Å². The normalized spacial score (nSPS) is 10.8. The van der Waals surface area contributed by atoms with Gasteiger partial charge < -0.3 is 4.90 Å². The van der Waals surface area contributed by atoms with Crippen LogP contribution in [0.2, 0.25) is 0 Å². The summed E-state index contributed by atoms with van der Waals surface area (Å²) < 4.78 is 0. The first kappa shape index (κ1) is 12.7. The van der Waals surface area contributed by atoms with Crippen molar-refractivity contribution in [3.05, 3.63) is 29.6 Å². The quantitative estimate of drug-likeness (QED) is 0.760. The van der Waals surface area contributed by atoms with Crippen LogP contribution in [0.4, 0.5) is 0 Å². The minimum atomic E-state index is 0.495. The fraction of sp³-hybridized carbons (Fsp3) is 0.538. The van der Waals surface area contributed by atoms with Crippen LogP contribution in [-0.2, 0) is 6.54 Å². The summed E-state index contributed by atoms with van der Waals surface area (Å²) in [5.74, 6) is 0.731. The number of pyridine rings is 1. The lowest BCUT2D eigenvalue weighted by Crippen LogP contribution is -2.20. The first-order valence-corrected chi connectivity index (χ1v) is 5.65. The van der Waals surface area contributed by atoms with Crippen LogP contribution in [0.15, 0.2) is 18.3 Å². The Kier molecular flexibility index (Phi) is 4.94. The summed E-state index contributed by atoms with van der Waals surface area (Å²) >= 11 is 0. The van der Waals surface area contributed by atoms with Crippen LogP contribution in [-0.4, -0.2) is 23.5 Å². The second-order valence-electron chi connectivity index (χ2n) is 4.58. The molecule has 0 aliphatic carbocycles. The third-order valence-corrected chi connectivity index (χ3v) is 2.48. The van der Waals surface area contributed by atoms with Crippen LogP contribution in [0.5, 0.6) is 0 Å². The number of hydrogen-bond acceptors (Lipinski definition) is 3. The van der Waals surface area contributed by atoms with Crippen LogP contribution >= 0.6 is 0 Å². The Hall–Kier alpha value is -1.40. The Morgan fingerprint density at radius 2 is 2.25 bits per heavy atom. The number of aromatic nitrogens is 1. The smallest absolute Gasteiger partial charge is 0.140 e. The molecule has 1 aromatic heterocycles. The molecule has 0 unspecified atom stereocenters. The first-order chi connectivity index (χ1) is 7.61. The Morgan fingerprint density at radius 3 is 2.88 bits per heavy atom. The highest BCUT2D eigenvalue weighted by Gasteiger charge is 2.03. The van der Waals surface area contributed by atoms with Gasteiger partial charge in [0.1, 0.15) is 11.8 Å². The maximum absolute atomic E-state index is 8.75. The summed E-state index contributed by atoms with van der Waals surface area (Å²) in [6.45, 7) is 6.42. The Balaban J connectivity index is 2.49. The molecule has 1 heterocycles. The third kappa shape index (κ3) is 4.41. The van der Waals surface area contributed by atoms with Crippen LogP contribution < -0.4 is 0 Å². The van der Waals surface area contributed by atoms with E-state index in [0.29, 0.717) is 5.69 Å². The molecule has 0 bridgehead atoms. The maximum atomic E-state index is 8.75. The van der Waals surface area contributed by atoms with Crippen LogP contribution in [0.25, 0.3) is 0 Å². The molecule has 0 atom stereocenters. The maximum Gasteiger partial charge on any atom is 0.140 e. The van der Waals surface area contributed by atoms with Crippen molar-refractivity contribution in [2.45, 2.75) is 26.8 Å². The fourth-order valence-electron chi connectivity index (χ4n) is 1.50. The molecule has 0 amide bonds. The van der Waals surface area contributed by atoms with Crippen molar-refractivity contribution < 1.29 is 0 Å². The summed E-state index contributed by atoms with van der Waals surface area (Å²) in [6.07, 6.45) is 2.90. The molecule has 86 valence electrons. The molecule has 0 spiro atoms. The molecule has 0 aliphatic rings. The lowest BCUT2D eigenvalue weighted by atomic mass is 10.1. The van der Waals surface area contributed by atoms with Gasteiger partial charge in [0.15, 0.2) is 0 Å². The molecule has 0 saturated carbocycles. The highest BCUT2D eigenvalue weighted by molar-refractivity contribution is 5.25. The molecular weight excluding hydrogens is 198 g/mol. The molecule has 0 radical (unpaired) electrons. The highest BCUT2D eigenvalue weighted by atomic mass is 15.1. The predicted octanol–water partition coefficient (Wildman–Crippen LogP) is 2.43. The number of nitrogens with zero attached hydrogens (tertiary/aromatic N) is 3. The van der Waals surface area contributed by atoms with E-state index >= 15 is 0 Å². The van der Waals surface area contributed by atoms with Gasteiger partial charge in [0.05, 0.1) is 0 Å². The van der Waals surface area contributed by atoms with E-state index < -0.39 is 0 Å². The van der Waals surface area contributed by atoms with Gasteiger partial charge in [0.25, 0.3) is 0 Å². The molecule has 0 saturated heterocycles. The van der Waals surface area contributed by atoms with Gasteiger partial charge in [-0.15, -0.1) is 0 Å². The summed E-state index contributed by atoms with van der Waals surface area (Å²) in [7, 11) is 2.11. The van der Waals surface area contributed by atoms with Crippen molar-refractivity contribution in [2.24, 2.45) is 5.92 Å². The summed E-state index contributed by atoms with van der Waals surface area (Å²) in [5, 5.41) is 8.75. The second kappa shape index (κ2) is 6.24. The van der Waals surface area contributed by atoms with E-state index in [-0.39, 0.29) is 0 Å². The van der Waals surface area contributed by atoms with Crippen LogP contribution in [0.1, 0.15) is 31.5 Å². The summed E-state index contributed by atoms with van der Waals surface area (Å²) in [5.41, 5.74) is 1.65. The van der Waals surface area contributed by atoms with Gasteiger partial charge >= 0.3 is 0 Å². The lowest BCUT2D eigenvalue weighted by Gasteiger charge is -2.17. The Morgan fingerprint density at radius 1 is 1.50 bits per heavy atom. The van der Waals surface area contributed by atoms with Crippen molar-refractivity contribution in [1.82, 2.24) is 9.88 Å². The fourth-order valence-corrected chi connectivity index (χ4v) is 1.50. The SMILES string of the molecule is CC(C)CCN(C)Cc1ccnc(C#N)c1. The minimum Gasteiger partial charge on any atom is -0.302 e. The van der Waals surface area contributed by atoms with E-state index in [9.17, 15) is 0 Å². The number of nitriles is 1. The van der Waals surface area contributed by atoms with E-state index in [1.807, 2.05) is 12.1 Å². The molecule has 3 nitrogen and oxygen atoms in total. The molecule has 0 aliphatic heterocycles. The molecule has 0 fully saturated rings. The van der Waals surface area contributed by atoms with Crippen molar-refractivity contribution >= 4 is 0 Å². The topological polar surface area (TPSA) is 39.9 Å². The summed E-state index contributed by atoms with van der Waals surface area (Å²) in [6, 6.07) is 5.88. The molecular formula is C13H19N3. The van der Waals surface area contributed by atoms with Gasteiger partial charge in [-0.1, -0.05) is 13.8 Å². The van der Waals surface area contributed by atoms with E-state index in [4.69, 9.17) is 5.26 Å². The Labute approximate surface area is 97.7 Å². The van der Waals surface area contributed by atoms with Gasteiger partial charge in [-0.3, -0.25) is 0 Å². The monoisotopic (exact) mass is 217 g/mol. The molecule has 3 heteroatoms. The van der Waals surface area contributed by atoms with Gasteiger partial charge in [0, 0.05) is 12.7 Å². The highest BCUT2D eigenvalue weighted by Crippen LogP contribution is 2.06. The van der Waals surface area contributed by atoms with Crippen molar-refractivity contribution in [3.8, 4) is 6.07 Å². The standard InChI is InChI=1S/C13H19N3/c1-11(2)5-7-16(3)10-12-4-6-15-13(8-12)9-14/h4,6,8,11H,5,7,10H2,1-3H3. The van der Waals surface area contributed by atoms with Crippen molar-refractivity contribution in [3.63, 3.8) is 0 Å². The second-order valence-corrected chi connectivity index (χ2v) is 4.58. The van der Waals surface area contributed by atoms with Gasteiger partial charge in [-0.05, 0) is 43.6 Å². The van der Waals surface area contributed by atoms with Gasteiger partial charge in [0.2, 0.25) is 0 Å². The number of hydrogen-bond donors (Lipinski definition) is 0. The molecule has 1 rings (SSSR count). The average Bonchev–Trinajstić information content (AvgIpc) is 2.26. The first-order valence-electron chi connectivity index (χ1n) is 5.65. The number of rotatable bonds is 5. The molecule has 1 aromatic rings. The molecule has 16 heavy (non-hydrogen) atoms. The third-order valence-electron chi connectivity index (χ3n) is 2.48. The van der Waals surface area contributed by atoms with E-state index in [0.717, 1.165) is 24.6 Å². The zero-order chi connectivity index (χ0) is 12.0. The van der Waals surface area contributed by atoms with Crippen molar-refractivity contribution in [1.29, 1.82) is 5.26 Å². The largest absolute Gasteiger partial charge is 0.302 e. The zero-order valence-electron chi connectivity index (χ0n) is 10.3. The van der Waals surface area contributed by atoms with E-state index in [2.05, 4.69) is 36.8 Å². The lowest BCUT2D eigenvalue weighted by molar-refractivity contribution is 0.303. The Bertz CT molecular complexity index is 366. The minimum absolute atomic E-state index is 0.495. The summed E-state index contributed by atoms with van der Waals surface area (Å²) in [4.78, 5) is 6.23. The van der Waals surface area contributed by atoms with E-state index in [1.54, 1.807) is 6.20 Å². The van der Waals surface area contributed by atoms with Crippen LogP contribution in [0.3, 0.4) is 0 Å².